The average Bonchev–Trinajstić information content (AvgIpc) is 2.50. The fourth-order valence-electron chi connectivity index (χ4n) is 2.19. The van der Waals surface area contributed by atoms with E-state index < -0.39 is 5.82 Å². The molecular formula is C17H26FNO2. The summed E-state index contributed by atoms with van der Waals surface area (Å²) in [6.45, 7) is 4.52. The third kappa shape index (κ3) is 6.15. The Morgan fingerprint density at radius 2 is 2.10 bits per heavy atom. The molecule has 118 valence electrons. The standard InChI is InChI=1S/C17H26FNO2/c1-4-5-6-7-8-13(2)17(20)19-12-14-9-10-15(18)16(11-14)21-3/h9-11,13H,4-8,12H2,1-3H3,(H,19,20). The minimum Gasteiger partial charge on any atom is -0.494 e. The highest BCUT2D eigenvalue weighted by atomic mass is 19.1. The third-order valence-corrected chi connectivity index (χ3v) is 3.62. The third-order valence-electron chi connectivity index (χ3n) is 3.62. The van der Waals surface area contributed by atoms with E-state index in [4.69, 9.17) is 4.74 Å². The molecule has 0 aliphatic carbocycles. The number of benzene rings is 1. The number of methoxy groups -OCH3 is 1. The Hall–Kier alpha value is -1.58. The summed E-state index contributed by atoms with van der Waals surface area (Å²) in [7, 11) is 1.43. The summed E-state index contributed by atoms with van der Waals surface area (Å²) in [6, 6.07) is 4.63. The molecule has 1 unspecified atom stereocenters. The number of hydrogen-bond acceptors (Lipinski definition) is 2. The lowest BCUT2D eigenvalue weighted by Gasteiger charge is -2.12. The van der Waals surface area contributed by atoms with Crippen molar-refractivity contribution < 1.29 is 13.9 Å². The number of ether oxygens (including phenoxy) is 1. The van der Waals surface area contributed by atoms with Gasteiger partial charge >= 0.3 is 0 Å². The molecule has 1 N–H and O–H groups in total. The Kier molecular flexibility index (Phi) is 7.80. The van der Waals surface area contributed by atoms with Crippen molar-refractivity contribution in [1.29, 1.82) is 0 Å². The molecule has 1 rings (SSSR count). The van der Waals surface area contributed by atoms with Crippen LogP contribution in [0.15, 0.2) is 18.2 Å². The quantitative estimate of drug-likeness (QED) is 0.698. The lowest BCUT2D eigenvalue weighted by molar-refractivity contribution is -0.124. The van der Waals surface area contributed by atoms with Gasteiger partial charge in [0, 0.05) is 12.5 Å². The first-order valence-electron chi connectivity index (χ1n) is 7.68. The van der Waals surface area contributed by atoms with Crippen LogP contribution >= 0.6 is 0 Å². The molecule has 0 fully saturated rings. The maximum Gasteiger partial charge on any atom is 0.223 e. The summed E-state index contributed by atoms with van der Waals surface area (Å²) in [5.41, 5.74) is 0.833. The summed E-state index contributed by atoms with van der Waals surface area (Å²) in [6.07, 6.45) is 5.62. The normalized spacial score (nSPS) is 12.0. The maximum atomic E-state index is 13.3. The van der Waals surface area contributed by atoms with Gasteiger partial charge in [-0.15, -0.1) is 0 Å². The molecule has 0 spiro atoms. The molecule has 1 atom stereocenters. The van der Waals surface area contributed by atoms with E-state index in [9.17, 15) is 9.18 Å². The van der Waals surface area contributed by atoms with Crippen molar-refractivity contribution in [1.82, 2.24) is 5.32 Å². The predicted octanol–water partition coefficient (Wildman–Crippen LogP) is 4.06. The molecule has 0 aliphatic heterocycles. The van der Waals surface area contributed by atoms with Crippen LogP contribution in [0.3, 0.4) is 0 Å². The lowest BCUT2D eigenvalue weighted by Crippen LogP contribution is -2.28. The molecule has 0 saturated heterocycles. The number of rotatable bonds is 9. The Morgan fingerprint density at radius 1 is 1.33 bits per heavy atom. The monoisotopic (exact) mass is 295 g/mol. The number of hydrogen-bond donors (Lipinski definition) is 1. The minimum atomic E-state index is -0.392. The molecular weight excluding hydrogens is 269 g/mol. The van der Waals surface area contributed by atoms with E-state index in [2.05, 4.69) is 12.2 Å². The first kappa shape index (κ1) is 17.5. The zero-order valence-electron chi connectivity index (χ0n) is 13.2. The molecule has 0 radical (unpaired) electrons. The van der Waals surface area contributed by atoms with Crippen LogP contribution in [0.1, 0.15) is 51.5 Å². The largest absolute Gasteiger partial charge is 0.494 e. The summed E-state index contributed by atoms with van der Waals surface area (Å²) in [5.74, 6) is -0.120. The van der Waals surface area contributed by atoms with Gasteiger partial charge in [-0.3, -0.25) is 4.79 Å². The second kappa shape index (κ2) is 9.37. The Balaban J connectivity index is 2.38. The highest BCUT2D eigenvalue weighted by Crippen LogP contribution is 2.18. The van der Waals surface area contributed by atoms with Gasteiger partial charge in [0.2, 0.25) is 5.91 Å². The van der Waals surface area contributed by atoms with Crippen LogP contribution in [0.4, 0.5) is 4.39 Å². The van der Waals surface area contributed by atoms with E-state index in [0.29, 0.717) is 6.54 Å². The van der Waals surface area contributed by atoms with E-state index in [1.165, 1.54) is 32.4 Å². The SMILES string of the molecule is CCCCCCC(C)C(=O)NCc1ccc(F)c(OC)c1. The molecule has 3 nitrogen and oxygen atoms in total. The van der Waals surface area contributed by atoms with E-state index >= 15 is 0 Å². The van der Waals surface area contributed by atoms with Crippen molar-refractivity contribution in [3.05, 3.63) is 29.6 Å². The van der Waals surface area contributed by atoms with E-state index in [0.717, 1.165) is 18.4 Å². The molecule has 1 amide bonds. The minimum absolute atomic E-state index is 0.0178. The van der Waals surface area contributed by atoms with Crippen LogP contribution in [0.25, 0.3) is 0 Å². The molecule has 0 heterocycles. The fraction of sp³-hybridized carbons (Fsp3) is 0.588. The zero-order chi connectivity index (χ0) is 15.7. The first-order valence-corrected chi connectivity index (χ1v) is 7.68. The molecule has 0 aliphatic rings. The van der Waals surface area contributed by atoms with Crippen molar-refractivity contribution in [3.63, 3.8) is 0 Å². The van der Waals surface area contributed by atoms with Crippen LogP contribution in [0.2, 0.25) is 0 Å². The maximum absolute atomic E-state index is 13.3. The second-order valence-electron chi connectivity index (χ2n) is 5.44. The topological polar surface area (TPSA) is 38.3 Å². The Labute approximate surface area is 126 Å². The first-order chi connectivity index (χ1) is 10.1. The highest BCUT2D eigenvalue weighted by Gasteiger charge is 2.12. The number of carbonyl (C=O) groups excluding carboxylic acids is 1. The van der Waals surface area contributed by atoms with Crippen molar-refractivity contribution in [2.45, 2.75) is 52.5 Å². The van der Waals surface area contributed by atoms with E-state index in [-0.39, 0.29) is 17.6 Å². The van der Waals surface area contributed by atoms with Crippen LogP contribution in [-0.2, 0) is 11.3 Å². The molecule has 0 bridgehead atoms. The van der Waals surface area contributed by atoms with Gasteiger partial charge in [0.15, 0.2) is 11.6 Å². The summed E-state index contributed by atoms with van der Waals surface area (Å²) in [5, 5.41) is 2.89. The van der Waals surface area contributed by atoms with Gasteiger partial charge in [-0.2, -0.15) is 0 Å². The summed E-state index contributed by atoms with van der Waals surface area (Å²) < 4.78 is 18.2. The van der Waals surface area contributed by atoms with Crippen LogP contribution in [0, 0.1) is 11.7 Å². The van der Waals surface area contributed by atoms with Crippen molar-refractivity contribution in [3.8, 4) is 5.75 Å². The van der Waals surface area contributed by atoms with Gasteiger partial charge < -0.3 is 10.1 Å². The van der Waals surface area contributed by atoms with E-state index in [1.807, 2.05) is 6.92 Å². The fourth-order valence-corrected chi connectivity index (χ4v) is 2.19. The van der Waals surface area contributed by atoms with E-state index in [1.54, 1.807) is 12.1 Å². The Bertz CT molecular complexity index is 448. The van der Waals surface area contributed by atoms with Crippen molar-refractivity contribution >= 4 is 5.91 Å². The van der Waals surface area contributed by atoms with Gasteiger partial charge in [-0.05, 0) is 24.1 Å². The molecule has 1 aromatic rings. The van der Waals surface area contributed by atoms with Crippen LogP contribution < -0.4 is 10.1 Å². The van der Waals surface area contributed by atoms with Gasteiger partial charge in [-0.1, -0.05) is 45.6 Å². The summed E-state index contributed by atoms with van der Waals surface area (Å²) in [4.78, 5) is 12.0. The molecule has 4 heteroatoms. The second-order valence-corrected chi connectivity index (χ2v) is 5.44. The molecule has 1 aromatic carbocycles. The van der Waals surface area contributed by atoms with Gasteiger partial charge in [-0.25, -0.2) is 4.39 Å². The zero-order valence-corrected chi connectivity index (χ0v) is 13.2. The molecule has 0 saturated carbocycles. The number of unbranched alkanes of at least 4 members (excludes halogenated alkanes) is 3. The van der Waals surface area contributed by atoms with Crippen molar-refractivity contribution in [2.75, 3.05) is 7.11 Å². The van der Waals surface area contributed by atoms with Crippen molar-refractivity contribution in [2.24, 2.45) is 5.92 Å². The molecule has 0 aromatic heterocycles. The van der Waals surface area contributed by atoms with Crippen LogP contribution in [-0.4, -0.2) is 13.0 Å². The molecule has 21 heavy (non-hydrogen) atoms. The van der Waals surface area contributed by atoms with Crippen LogP contribution in [0.5, 0.6) is 5.75 Å². The lowest BCUT2D eigenvalue weighted by atomic mass is 10.0. The number of nitrogens with one attached hydrogen (secondary N) is 1. The van der Waals surface area contributed by atoms with Gasteiger partial charge in [0.1, 0.15) is 0 Å². The Morgan fingerprint density at radius 3 is 2.76 bits per heavy atom. The number of halogens is 1. The van der Waals surface area contributed by atoms with Gasteiger partial charge in [0.05, 0.1) is 7.11 Å². The van der Waals surface area contributed by atoms with Gasteiger partial charge in [0.25, 0.3) is 0 Å². The smallest absolute Gasteiger partial charge is 0.223 e. The highest BCUT2D eigenvalue weighted by molar-refractivity contribution is 5.78. The number of amides is 1. The number of carbonyl (C=O) groups is 1. The average molecular weight is 295 g/mol. The predicted molar refractivity (Wildman–Crippen MR) is 82.7 cm³/mol. The summed E-state index contributed by atoms with van der Waals surface area (Å²) >= 11 is 0.